The summed E-state index contributed by atoms with van der Waals surface area (Å²) in [4.78, 5) is 29.2. The summed E-state index contributed by atoms with van der Waals surface area (Å²) in [6, 6.07) is 12.3. The number of anilines is 2. The molecule has 2 heterocycles. The molecule has 1 atom stereocenters. The predicted octanol–water partition coefficient (Wildman–Crippen LogP) is 3.06. The van der Waals surface area contributed by atoms with Gasteiger partial charge in [0.15, 0.2) is 6.10 Å². The van der Waals surface area contributed by atoms with E-state index in [1.54, 1.807) is 29.2 Å². The van der Waals surface area contributed by atoms with E-state index in [0.717, 1.165) is 5.69 Å². The van der Waals surface area contributed by atoms with E-state index in [4.69, 9.17) is 32.7 Å². The SMILES string of the molecule is O=C(CN1C[C@H](C(=O)N2CCOCC2)Oc2ccccc21)Nc1ccc(Cl)c(Cl)c1. The fraction of sp³-hybridized carbons (Fsp3) is 0.333. The minimum absolute atomic E-state index is 0.0630. The molecule has 30 heavy (non-hydrogen) atoms. The fourth-order valence-corrected chi connectivity index (χ4v) is 3.82. The summed E-state index contributed by atoms with van der Waals surface area (Å²) in [7, 11) is 0. The molecule has 2 aliphatic rings. The molecule has 0 unspecified atom stereocenters. The zero-order valence-electron chi connectivity index (χ0n) is 16.1. The van der Waals surface area contributed by atoms with Crippen LogP contribution in [0.25, 0.3) is 0 Å². The molecule has 1 saturated heterocycles. The average Bonchev–Trinajstić information content (AvgIpc) is 2.76. The summed E-state index contributed by atoms with van der Waals surface area (Å²) < 4.78 is 11.3. The van der Waals surface area contributed by atoms with Crippen LogP contribution < -0.4 is 15.0 Å². The van der Waals surface area contributed by atoms with Gasteiger partial charge in [0.25, 0.3) is 5.91 Å². The first-order valence-electron chi connectivity index (χ1n) is 9.63. The van der Waals surface area contributed by atoms with Gasteiger partial charge in [-0.25, -0.2) is 0 Å². The number of halogens is 2. The first-order chi connectivity index (χ1) is 14.5. The van der Waals surface area contributed by atoms with Gasteiger partial charge in [0.1, 0.15) is 5.75 Å². The second-order valence-corrected chi connectivity index (χ2v) is 7.88. The second-order valence-electron chi connectivity index (χ2n) is 7.07. The number of nitrogens with zero attached hydrogens (tertiary/aromatic N) is 2. The Morgan fingerprint density at radius 3 is 2.60 bits per heavy atom. The number of morpholine rings is 1. The lowest BCUT2D eigenvalue weighted by atomic mass is 10.1. The van der Waals surface area contributed by atoms with E-state index in [9.17, 15) is 9.59 Å². The zero-order valence-corrected chi connectivity index (χ0v) is 17.7. The minimum Gasteiger partial charge on any atom is -0.477 e. The van der Waals surface area contributed by atoms with Crippen LogP contribution >= 0.6 is 23.2 Å². The molecule has 7 nitrogen and oxygen atoms in total. The van der Waals surface area contributed by atoms with E-state index in [0.29, 0.717) is 47.8 Å². The van der Waals surface area contributed by atoms with Crippen LogP contribution in [0.1, 0.15) is 0 Å². The summed E-state index contributed by atoms with van der Waals surface area (Å²) in [5.41, 5.74) is 1.32. The normalized spacial score (nSPS) is 18.4. The fourth-order valence-electron chi connectivity index (χ4n) is 3.52. The number of benzene rings is 2. The monoisotopic (exact) mass is 449 g/mol. The van der Waals surface area contributed by atoms with E-state index < -0.39 is 6.10 Å². The largest absolute Gasteiger partial charge is 0.477 e. The highest BCUT2D eigenvalue weighted by Crippen LogP contribution is 2.33. The zero-order chi connectivity index (χ0) is 21.1. The maximum Gasteiger partial charge on any atom is 0.265 e. The lowest BCUT2D eigenvalue weighted by molar-refractivity contribution is -0.142. The summed E-state index contributed by atoms with van der Waals surface area (Å²) in [5, 5.41) is 3.60. The van der Waals surface area contributed by atoms with Crippen molar-refractivity contribution >= 4 is 46.4 Å². The lowest BCUT2D eigenvalue weighted by Crippen LogP contribution is -2.53. The molecule has 0 aromatic heterocycles. The Kier molecular flexibility index (Phi) is 6.32. The van der Waals surface area contributed by atoms with Gasteiger partial charge in [-0.3, -0.25) is 9.59 Å². The number of para-hydroxylation sites is 2. The van der Waals surface area contributed by atoms with E-state index in [1.165, 1.54) is 0 Å². The third kappa shape index (κ3) is 4.64. The van der Waals surface area contributed by atoms with Crippen molar-refractivity contribution in [3.05, 3.63) is 52.5 Å². The Labute approximate surface area is 184 Å². The summed E-state index contributed by atoms with van der Waals surface area (Å²) in [5.74, 6) is 0.253. The van der Waals surface area contributed by atoms with Crippen molar-refractivity contribution in [2.45, 2.75) is 6.10 Å². The van der Waals surface area contributed by atoms with Gasteiger partial charge in [0, 0.05) is 18.8 Å². The number of hydrogen-bond acceptors (Lipinski definition) is 5. The number of amides is 2. The molecule has 1 N–H and O–H groups in total. The number of carbonyl (C=O) groups is 2. The molecular weight excluding hydrogens is 429 g/mol. The standard InChI is InChI=1S/C21H21Cl2N3O4/c22-15-6-5-14(11-16(15)23)24-20(27)13-26-12-19(21(28)25-7-9-29-10-8-25)30-18-4-2-1-3-17(18)26/h1-6,11,19H,7-10,12-13H2,(H,24,27)/t19-/m1/s1. The van der Waals surface area contributed by atoms with Gasteiger partial charge in [0.05, 0.1) is 42.0 Å². The Morgan fingerprint density at radius 1 is 1.07 bits per heavy atom. The van der Waals surface area contributed by atoms with Crippen LogP contribution in [0.2, 0.25) is 10.0 Å². The van der Waals surface area contributed by atoms with Crippen molar-refractivity contribution < 1.29 is 19.1 Å². The van der Waals surface area contributed by atoms with E-state index >= 15 is 0 Å². The first-order valence-corrected chi connectivity index (χ1v) is 10.4. The third-order valence-corrected chi connectivity index (χ3v) is 5.74. The number of carbonyl (C=O) groups excluding carboxylic acids is 2. The molecule has 0 aliphatic carbocycles. The van der Waals surface area contributed by atoms with Crippen LogP contribution in [0, 0.1) is 0 Å². The van der Waals surface area contributed by atoms with Crippen molar-refractivity contribution in [2.75, 3.05) is 49.6 Å². The van der Waals surface area contributed by atoms with Crippen LogP contribution in [-0.2, 0) is 14.3 Å². The van der Waals surface area contributed by atoms with Crippen LogP contribution in [-0.4, -0.2) is 62.2 Å². The topological polar surface area (TPSA) is 71.1 Å². The minimum atomic E-state index is -0.684. The maximum atomic E-state index is 12.9. The Balaban J connectivity index is 1.48. The molecule has 4 rings (SSSR count). The summed E-state index contributed by atoms with van der Waals surface area (Å²) in [6.07, 6.45) is -0.684. The molecule has 0 bridgehead atoms. The van der Waals surface area contributed by atoms with Crippen molar-refractivity contribution in [1.29, 1.82) is 0 Å². The molecule has 0 saturated carbocycles. The second kappa shape index (κ2) is 9.12. The average molecular weight is 450 g/mol. The first kappa shape index (κ1) is 20.8. The number of rotatable bonds is 4. The summed E-state index contributed by atoms with van der Waals surface area (Å²) in [6.45, 7) is 2.46. The van der Waals surface area contributed by atoms with Gasteiger partial charge in [-0.1, -0.05) is 35.3 Å². The molecule has 158 valence electrons. The number of hydrogen-bond donors (Lipinski definition) is 1. The summed E-state index contributed by atoms with van der Waals surface area (Å²) >= 11 is 12.0. The van der Waals surface area contributed by atoms with Crippen LogP contribution in [0.3, 0.4) is 0 Å². The highest BCUT2D eigenvalue weighted by atomic mass is 35.5. The Bertz CT molecular complexity index is 950. The van der Waals surface area contributed by atoms with Gasteiger partial charge >= 0.3 is 0 Å². The van der Waals surface area contributed by atoms with Crippen LogP contribution in [0.5, 0.6) is 5.75 Å². The van der Waals surface area contributed by atoms with Gasteiger partial charge in [-0.2, -0.15) is 0 Å². The Morgan fingerprint density at radius 2 is 1.83 bits per heavy atom. The van der Waals surface area contributed by atoms with Gasteiger partial charge in [-0.15, -0.1) is 0 Å². The van der Waals surface area contributed by atoms with Crippen molar-refractivity contribution in [3.8, 4) is 5.75 Å². The number of nitrogens with one attached hydrogen (secondary N) is 1. The number of fused-ring (bicyclic) bond motifs is 1. The van der Waals surface area contributed by atoms with E-state index in [-0.39, 0.29) is 24.9 Å². The van der Waals surface area contributed by atoms with E-state index in [2.05, 4.69) is 5.32 Å². The van der Waals surface area contributed by atoms with Crippen molar-refractivity contribution in [2.24, 2.45) is 0 Å². The quantitative estimate of drug-likeness (QED) is 0.776. The van der Waals surface area contributed by atoms with Crippen LogP contribution in [0.4, 0.5) is 11.4 Å². The highest BCUT2D eigenvalue weighted by Gasteiger charge is 2.34. The molecular formula is C21H21Cl2N3O4. The third-order valence-electron chi connectivity index (χ3n) is 5.00. The lowest BCUT2D eigenvalue weighted by Gasteiger charge is -2.38. The molecule has 1 fully saturated rings. The maximum absolute atomic E-state index is 12.9. The molecule has 9 heteroatoms. The molecule has 2 aromatic carbocycles. The molecule has 2 aromatic rings. The Hall–Kier alpha value is -2.48. The van der Waals surface area contributed by atoms with E-state index in [1.807, 2.05) is 23.1 Å². The number of ether oxygens (including phenoxy) is 2. The smallest absolute Gasteiger partial charge is 0.265 e. The van der Waals surface area contributed by atoms with Crippen LogP contribution in [0.15, 0.2) is 42.5 Å². The molecule has 0 spiro atoms. The molecule has 2 aliphatic heterocycles. The van der Waals surface area contributed by atoms with Gasteiger partial charge < -0.3 is 24.6 Å². The van der Waals surface area contributed by atoms with Gasteiger partial charge in [-0.05, 0) is 30.3 Å². The molecule has 0 radical (unpaired) electrons. The highest BCUT2D eigenvalue weighted by molar-refractivity contribution is 6.42. The van der Waals surface area contributed by atoms with Gasteiger partial charge in [0.2, 0.25) is 5.91 Å². The van der Waals surface area contributed by atoms with Crippen molar-refractivity contribution in [1.82, 2.24) is 4.90 Å². The molecule has 2 amide bonds. The van der Waals surface area contributed by atoms with Crippen molar-refractivity contribution in [3.63, 3.8) is 0 Å². The predicted molar refractivity (Wildman–Crippen MR) is 116 cm³/mol.